The summed E-state index contributed by atoms with van der Waals surface area (Å²) in [7, 11) is -3.72. The summed E-state index contributed by atoms with van der Waals surface area (Å²) in [5.74, 6) is -1.68. The van der Waals surface area contributed by atoms with Crippen molar-refractivity contribution in [3.63, 3.8) is 0 Å². The van der Waals surface area contributed by atoms with Crippen LogP contribution in [0.3, 0.4) is 0 Å². The Morgan fingerprint density at radius 2 is 1.93 bits per heavy atom. The quantitative estimate of drug-likeness (QED) is 0.782. The fourth-order valence-corrected chi connectivity index (χ4v) is 5.36. The van der Waals surface area contributed by atoms with Crippen LogP contribution in [0.15, 0.2) is 24.3 Å². The van der Waals surface area contributed by atoms with E-state index >= 15 is 0 Å². The molecule has 0 radical (unpaired) electrons. The Labute approximate surface area is 170 Å². The zero-order valence-corrected chi connectivity index (χ0v) is 17.3. The molecule has 29 heavy (non-hydrogen) atoms. The molecule has 0 bridgehead atoms. The maximum atomic E-state index is 12.6. The summed E-state index contributed by atoms with van der Waals surface area (Å²) in [6, 6.07) is 5.94. The van der Waals surface area contributed by atoms with Gasteiger partial charge >= 0.3 is 6.09 Å². The van der Waals surface area contributed by atoms with Crippen LogP contribution < -0.4 is 9.62 Å². The zero-order valence-electron chi connectivity index (χ0n) is 16.5. The van der Waals surface area contributed by atoms with Crippen LogP contribution in [0, 0.1) is 5.92 Å². The van der Waals surface area contributed by atoms with Crippen LogP contribution in [0.4, 0.5) is 10.5 Å². The maximum Gasteiger partial charge on any atom is 0.409 e. The Kier molecular flexibility index (Phi) is 6.11. The molecule has 10 heteroatoms. The van der Waals surface area contributed by atoms with Crippen molar-refractivity contribution in [3.8, 4) is 0 Å². The first-order chi connectivity index (χ1) is 13.7. The van der Waals surface area contributed by atoms with E-state index in [1.165, 1.54) is 12.1 Å². The smallest absolute Gasteiger partial charge is 0.409 e. The second-order valence-corrected chi connectivity index (χ2v) is 9.13. The number of likely N-dealkylation sites (tertiary alicyclic amines) is 1. The molecule has 2 aliphatic rings. The van der Waals surface area contributed by atoms with E-state index in [-0.39, 0.29) is 35.0 Å². The minimum absolute atomic E-state index is 0.103. The van der Waals surface area contributed by atoms with Crippen molar-refractivity contribution in [1.82, 2.24) is 10.2 Å². The van der Waals surface area contributed by atoms with Crippen LogP contribution in [0.5, 0.6) is 0 Å². The molecule has 1 atom stereocenters. The summed E-state index contributed by atoms with van der Waals surface area (Å²) in [6.45, 7) is 4.62. The summed E-state index contributed by atoms with van der Waals surface area (Å²) in [5, 5.41) is 2.91. The highest BCUT2D eigenvalue weighted by Gasteiger charge is 2.42. The third-order valence-corrected chi connectivity index (χ3v) is 6.93. The molecule has 1 aromatic carbocycles. The molecule has 0 spiro atoms. The lowest BCUT2D eigenvalue weighted by Crippen LogP contribution is -2.46. The number of benzene rings is 1. The zero-order chi connectivity index (χ0) is 21.2. The second kappa shape index (κ2) is 8.40. The fraction of sp³-hybridized carbons (Fsp3) is 0.526. The van der Waals surface area contributed by atoms with Gasteiger partial charge in [-0.25, -0.2) is 17.5 Å². The summed E-state index contributed by atoms with van der Waals surface area (Å²) in [6.07, 6.45) is 0.845. The van der Waals surface area contributed by atoms with Gasteiger partial charge in [-0.3, -0.25) is 9.59 Å². The number of hydrogen-bond donors (Lipinski definition) is 1. The number of sulfonamides is 1. The lowest BCUT2D eigenvalue weighted by Gasteiger charge is -2.31. The Bertz CT molecular complexity index is 908. The molecular weight excluding hydrogens is 398 g/mol. The lowest BCUT2D eigenvalue weighted by molar-refractivity contribution is -0.119. The Morgan fingerprint density at radius 3 is 2.52 bits per heavy atom. The normalized spacial score (nSPS) is 21.9. The SMILES string of the molecule is CCOC(=O)N1CCC(NC(=O)c2cccc(N3C(=O)C(C)CS3(=O)=O)c2)CC1. The van der Waals surface area contributed by atoms with Gasteiger partial charge in [0.15, 0.2) is 0 Å². The molecule has 0 aromatic heterocycles. The molecule has 158 valence electrons. The summed E-state index contributed by atoms with van der Waals surface area (Å²) >= 11 is 0. The molecule has 9 nitrogen and oxygen atoms in total. The molecular formula is C19H25N3O6S. The van der Waals surface area contributed by atoms with Gasteiger partial charge in [-0.05, 0) is 38.0 Å². The third-order valence-electron chi connectivity index (χ3n) is 5.06. The van der Waals surface area contributed by atoms with Gasteiger partial charge in [0.2, 0.25) is 15.9 Å². The second-order valence-electron chi connectivity index (χ2n) is 7.27. The number of anilines is 1. The summed E-state index contributed by atoms with van der Waals surface area (Å²) < 4.78 is 30.3. The minimum Gasteiger partial charge on any atom is -0.450 e. The average molecular weight is 423 g/mol. The van der Waals surface area contributed by atoms with E-state index in [9.17, 15) is 22.8 Å². The first-order valence-corrected chi connectivity index (χ1v) is 11.2. The molecule has 1 unspecified atom stereocenters. The minimum atomic E-state index is -3.72. The lowest BCUT2D eigenvalue weighted by atomic mass is 10.0. The van der Waals surface area contributed by atoms with Crippen molar-refractivity contribution in [2.24, 2.45) is 5.92 Å². The number of carbonyl (C=O) groups is 3. The molecule has 1 aromatic rings. The average Bonchev–Trinajstić information content (AvgIpc) is 2.89. The predicted octanol–water partition coefficient (Wildman–Crippen LogP) is 1.35. The van der Waals surface area contributed by atoms with Crippen LogP contribution in [-0.4, -0.2) is 62.7 Å². The van der Waals surface area contributed by atoms with Gasteiger partial charge in [0, 0.05) is 24.7 Å². The number of ether oxygens (including phenoxy) is 1. The van der Waals surface area contributed by atoms with Gasteiger partial charge in [-0.1, -0.05) is 13.0 Å². The van der Waals surface area contributed by atoms with Crippen molar-refractivity contribution in [1.29, 1.82) is 0 Å². The first-order valence-electron chi connectivity index (χ1n) is 9.62. The highest BCUT2D eigenvalue weighted by Crippen LogP contribution is 2.28. The first kappa shape index (κ1) is 21.1. The van der Waals surface area contributed by atoms with Gasteiger partial charge in [-0.15, -0.1) is 0 Å². The predicted molar refractivity (Wildman–Crippen MR) is 106 cm³/mol. The molecule has 2 heterocycles. The van der Waals surface area contributed by atoms with Gasteiger partial charge in [0.05, 0.1) is 24.0 Å². The molecule has 2 aliphatic heterocycles. The van der Waals surface area contributed by atoms with Crippen molar-refractivity contribution in [3.05, 3.63) is 29.8 Å². The Morgan fingerprint density at radius 1 is 1.24 bits per heavy atom. The van der Waals surface area contributed by atoms with E-state index in [0.29, 0.717) is 32.5 Å². The maximum absolute atomic E-state index is 12.6. The van der Waals surface area contributed by atoms with Gasteiger partial charge in [0.25, 0.3) is 5.91 Å². The van der Waals surface area contributed by atoms with Gasteiger partial charge in [0.1, 0.15) is 0 Å². The molecule has 0 aliphatic carbocycles. The number of piperidine rings is 1. The molecule has 1 N–H and O–H groups in total. The van der Waals surface area contributed by atoms with Crippen LogP contribution in [0.25, 0.3) is 0 Å². The highest BCUT2D eigenvalue weighted by molar-refractivity contribution is 7.94. The van der Waals surface area contributed by atoms with Crippen molar-refractivity contribution in [2.45, 2.75) is 32.7 Å². The highest BCUT2D eigenvalue weighted by atomic mass is 32.2. The molecule has 2 saturated heterocycles. The van der Waals surface area contributed by atoms with Crippen LogP contribution >= 0.6 is 0 Å². The van der Waals surface area contributed by atoms with Gasteiger partial charge < -0.3 is 15.0 Å². The Balaban J connectivity index is 1.65. The molecule has 3 amide bonds. The number of nitrogens with one attached hydrogen (secondary N) is 1. The van der Waals surface area contributed by atoms with E-state index in [1.807, 2.05) is 0 Å². The molecule has 3 rings (SSSR count). The van der Waals surface area contributed by atoms with Crippen LogP contribution in [0.2, 0.25) is 0 Å². The molecule has 0 saturated carbocycles. The molecule has 2 fully saturated rings. The number of carbonyl (C=O) groups excluding carboxylic acids is 3. The monoisotopic (exact) mass is 423 g/mol. The van der Waals surface area contributed by atoms with Crippen molar-refractivity contribution >= 4 is 33.6 Å². The Hall–Kier alpha value is -2.62. The van der Waals surface area contributed by atoms with Crippen LogP contribution in [-0.2, 0) is 19.6 Å². The fourth-order valence-electron chi connectivity index (χ4n) is 3.55. The van der Waals surface area contributed by atoms with Crippen molar-refractivity contribution in [2.75, 3.05) is 29.8 Å². The number of amides is 3. The number of hydrogen-bond acceptors (Lipinski definition) is 6. The number of rotatable bonds is 4. The van der Waals surface area contributed by atoms with E-state index in [0.717, 1.165) is 4.31 Å². The topological polar surface area (TPSA) is 113 Å². The van der Waals surface area contributed by atoms with E-state index in [4.69, 9.17) is 4.74 Å². The van der Waals surface area contributed by atoms with Crippen molar-refractivity contribution < 1.29 is 27.5 Å². The van der Waals surface area contributed by atoms with E-state index in [1.54, 1.807) is 30.9 Å². The largest absolute Gasteiger partial charge is 0.450 e. The van der Waals surface area contributed by atoms with E-state index < -0.39 is 21.8 Å². The summed E-state index contributed by atoms with van der Waals surface area (Å²) in [5.41, 5.74) is 0.446. The third kappa shape index (κ3) is 4.52. The van der Waals surface area contributed by atoms with E-state index in [2.05, 4.69) is 5.32 Å². The van der Waals surface area contributed by atoms with Gasteiger partial charge in [-0.2, -0.15) is 0 Å². The summed E-state index contributed by atoms with van der Waals surface area (Å²) in [4.78, 5) is 38.2. The standard InChI is InChI=1S/C19H25N3O6S/c1-3-28-19(25)21-9-7-15(8-10-21)20-17(23)14-5-4-6-16(11-14)22-18(24)13(2)12-29(22,26)27/h4-6,11,13,15H,3,7-10,12H2,1-2H3,(H,20,23). The number of nitrogens with zero attached hydrogens (tertiary/aromatic N) is 2. The van der Waals surface area contributed by atoms with Crippen LogP contribution in [0.1, 0.15) is 37.0 Å².